The van der Waals surface area contributed by atoms with Crippen LogP contribution in [-0.2, 0) is 30.4 Å². The van der Waals surface area contributed by atoms with Gasteiger partial charge in [-0.1, -0.05) is 18.2 Å². The highest BCUT2D eigenvalue weighted by molar-refractivity contribution is 6.02. The van der Waals surface area contributed by atoms with Crippen LogP contribution in [0.15, 0.2) is 36.9 Å². The number of benzene rings is 1. The Balaban J connectivity index is 3.00. The molecular formula is C21H30N2O5. The molecule has 1 N–H and O–H groups in total. The zero-order valence-corrected chi connectivity index (χ0v) is 17.1. The van der Waals surface area contributed by atoms with Crippen molar-refractivity contribution in [2.75, 3.05) is 18.5 Å². The van der Waals surface area contributed by atoms with E-state index < -0.39 is 23.9 Å². The van der Waals surface area contributed by atoms with Crippen LogP contribution in [0.1, 0.15) is 39.7 Å². The summed E-state index contributed by atoms with van der Waals surface area (Å²) in [6.45, 7) is 10.6. The minimum absolute atomic E-state index is 0.0835. The van der Waals surface area contributed by atoms with E-state index in [0.29, 0.717) is 0 Å². The van der Waals surface area contributed by atoms with Crippen LogP contribution in [0.5, 0.6) is 0 Å². The van der Waals surface area contributed by atoms with Gasteiger partial charge in [-0.15, -0.1) is 6.58 Å². The fraction of sp³-hybridized carbons (Fsp3) is 0.476. The zero-order chi connectivity index (χ0) is 21.1. The molecule has 0 aliphatic rings. The number of amides is 1. The van der Waals surface area contributed by atoms with Gasteiger partial charge < -0.3 is 19.7 Å². The Kier molecular flexibility index (Phi) is 9.78. The summed E-state index contributed by atoms with van der Waals surface area (Å²) in [5.41, 5.74) is 1.70. The molecule has 0 aliphatic heterocycles. The van der Waals surface area contributed by atoms with E-state index in [0.717, 1.165) is 17.7 Å². The highest BCUT2D eigenvalue weighted by Gasteiger charge is 2.37. The van der Waals surface area contributed by atoms with Gasteiger partial charge >= 0.3 is 11.9 Å². The number of esters is 2. The molecule has 1 aromatic carbocycles. The molecule has 0 fully saturated rings. The standard InChI is InChI=1S/C21H30N2O5/c1-6-9-15(4)22-18-12-10-17(11-13-18)14-23(16(5)24)19(20(25)27-7-2)21(26)28-8-3/h6,10-13,15,19,22H,1,7-9,14H2,2-5H3. The second-order valence-corrected chi connectivity index (χ2v) is 6.32. The normalized spacial score (nSPS) is 11.5. The maximum Gasteiger partial charge on any atom is 0.340 e. The molecule has 0 saturated heterocycles. The van der Waals surface area contributed by atoms with E-state index in [1.165, 1.54) is 11.8 Å². The van der Waals surface area contributed by atoms with E-state index in [1.807, 2.05) is 30.3 Å². The Morgan fingerprint density at radius 3 is 2.07 bits per heavy atom. The fourth-order valence-corrected chi connectivity index (χ4v) is 2.67. The van der Waals surface area contributed by atoms with Gasteiger partial charge in [0.25, 0.3) is 0 Å². The molecule has 28 heavy (non-hydrogen) atoms. The molecule has 0 aromatic heterocycles. The topological polar surface area (TPSA) is 84.9 Å². The number of nitrogens with zero attached hydrogens (tertiary/aromatic N) is 1. The van der Waals surface area contributed by atoms with Crippen LogP contribution in [-0.4, -0.2) is 48.0 Å². The van der Waals surface area contributed by atoms with Gasteiger partial charge in [0, 0.05) is 25.2 Å². The number of ether oxygens (including phenoxy) is 2. The lowest BCUT2D eigenvalue weighted by molar-refractivity contribution is -0.167. The molecule has 0 heterocycles. The lowest BCUT2D eigenvalue weighted by atomic mass is 10.1. The van der Waals surface area contributed by atoms with Gasteiger partial charge in [-0.05, 0) is 44.9 Å². The third-order valence-electron chi connectivity index (χ3n) is 3.98. The predicted molar refractivity (Wildman–Crippen MR) is 108 cm³/mol. The summed E-state index contributed by atoms with van der Waals surface area (Å²) in [5.74, 6) is -2.02. The van der Waals surface area contributed by atoms with Crippen LogP contribution < -0.4 is 5.32 Å². The van der Waals surface area contributed by atoms with E-state index in [1.54, 1.807) is 13.8 Å². The van der Waals surface area contributed by atoms with Crippen molar-refractivity contribution in [2.24, 2.45) is 0 Å². The Labute approximate surface area is 166 Å². The smallest absolute Gasteiger partial charge is 0.340 e. The van der Waals surface area contributed by atoms with Crippen molar-refractivity contribution < 1.29 is 23.9 Å². The summed E-state index contributed by atoms with van der Waals surface area (Å²) >= 11 is 0. The van der Waals surface area contributed by atoms with E-state index in [2.05, 4.69) is 18.8 Å². The summed E-state index contributed by atoms with van der Waals surface area (Å²) in [6, 6.07) is 6.27. The molecule has 7 heteroatoms. The van der Waals surface area contributed by atoms with Crippen molar-refractivity contribution in [3.63, 3.8) is 0 Å². The fourth-order valence-electron chi connectivity index (χ4n) is 2.67. The number of carbonyl (C=O) groups excluding carboxylic acids is 3. The van der Waals surface area contributed by atoms with E-state index in [9.17, 15) is 14.4 Å². The average molecular weight is 390 g/mol. The van der Waals surface area contributed by atoms with Crippen LogP contribution >= 0.6 is 0 Å². The first-order valence-corrected chi connectivity index (χ1v) is 9.40. The largest absolute Gasteiger partial charge is 0.464 e. The third-order valence-corrected chi connectivity index (χ3v) is 3.98. The van der Waals surface area contributed by atoms with E-state index in [4.69, 9.17) is 9.47 Å². The molecule has 0 saturated carbocycles. The summed E-state index contributed by atoms with van der Waals surface area (Å²) in [7, 11) is 0. The van der Waals surface area contributed by atoms with Gasteiger partial charge in [0.2, 0.25) is 11.9 Å². The molecule has 1 rings (SSSR count). The summed E-state index contributed by atoms with van der Waals surface area (Å²) in [6.07, 6.45) is 2.68. The molecule has 154 valence electrons. The predicted octanol–water partition coefficient (Wildman–Crippen LogP) is 2.91. The number of rotatable bonds is 11. The second-order valence-electron chi connectivity index (χ2n) is 6.32. The van der Waals surface area contributed by atoms with Crippen LogP contribution in [0, 0.1) is 0 Å². The van der Waals surface area contributed by atoms with Crippen molar-refractivity contribution >= 4 is 23.5 Å². The lowest BCUT2D eigenvalue weighted by Crippen LogP contribution is -2.50. The Morgan fingerprint density at radius 2 is 1.64 bits per heavy atom. The van der Waals surface area contributed by atoms with Crippen molar-refractivity contribution in [3.8, 4) is 0 Å². The SMILES string of the molecule is C=CCC(C)Nc1ccc(CN(C(C)=O)C(C(=O)OCC)C(=O)OCC)cc1. The first-order valence-electron chi connectivity index (χ1n) is 9.40. The van der Waals surface area contributed by atoms with Crippen LogP contribution in [0.3, 0.4) is 0 Å². The maximum atomic E-state index is 12.3. The van der Waals surface area contributed by atoms with Crippen molar-refractivity contribution in [2.45, 2.75) is 52.7 Å². The molecule has 0 radical (unpaired) electrons. The average Bonchev–Trinajstić information content (AvgIpc) is 2.63. The molecule has 7 nitrogen and oxygen atoms in total. The Morgan fingerprint density at radius 1 is 1.11 bits per heavy atom. The first kappa shape index (κ1) is 23.2. The minimum Gasteiger partial charge on any atom is -0.464 e. The molecular weight excluding hydrogens is 360 g/mol. The quantitative estimate of drug-likeness (QED) is 0.355. The van der Waals surface area contributed by atoms with Crippen LogP contribution in [0.25, 0.3) is 0 Å². The zero-order valence-electron chi connectivity index (χ0n) is 17.1. The summed E-state index contributed by atoms with van der Waals surface area (Å²) in [5, 5.41) is 3.34. The van der Waals surface area contributed by atoms with E-state index >= 15 is 0 Å². The van der Waals surface area contributed by atoms with Gasteiger partial charge in [0.15, 0.2) is 0 Å². The maximum absolute atomic E-state index is 12.3. The monoisotopic (exact) mass is 390 g/mol. The van der Waals surface area contributed by atoms with Gasteiger partial charge in [-0.25, -0.2) is 9.59 Å². The molecule has 0 spiro atoms. The van der Waals surface area contributed by atoms with Crippen molar-refractivity contribution in [3.05, 3.63) is 42.5 Å². The highest BCUT2D eigenvalue weighted by atomic mass is 16.6. The summed E-state index contributed by atoms with van der Waals surface area (Å²) < 4.78 is 9.95. The van der Waals surface area contributed by atoms with Crippen molar-refractivity contribution in [1.82, 2.24) is 4.90 Å². The lowest BCUT2D eigenvalue weighted by Gasteiger charge is -2.28. The van der Waals surface area contributed by atoms with E-state index in [-0.39, 0.29) is 25.8 Å². The number of hydrogen-bond acceptors (Lipinski definition) is 6. The van der Waals surface area contributed by atoms with Gasteiger partial charge in [-0.2, -0.15) is 0 Å². The Bertz CT molecular complexity index is 654. The third kappa shape index (κ3) is 7.06. The minimum atomic E-state index is -1.43. The highest BCUT2D eigenvalue weighted by Crippen LogP contribution is 2.16. The molecule has 1 aromatic rings. The first-order chi connectivity index (χ1) is 13.3. The molecule has 1 amide bonds. The molecule has 1 unspecified atom stereocenters. The van der Waals surface area contributed by atoms with Gasteiger partial charge in [0.05, 0.1) is 13.2 Å². The van der Waals surface area contributed by atoms with Crippen molar-refractivity contribution in [1.29, 1.82) is 0 Å². The number of hydrogen-bond donors (Lipinski definition) is 1. The number of nitrogens with one attached hydrogen (secondary N) is 1. The molecule has 1 atom stereocenters. The number of anilines is 1. The van der Waals surface area contributed by atoms with Crippen LogP contribution in [0.4, 0.5) is 5.69 Å². The number of carbonyl (C=O) groups is 3. The van der Waals surface area contributed by atoms with Gasteiger partial charge in [-0.3, -0.25) is 4.79 Å². The molecule has 0 bridgehead atoms. The summed E-state index contributed by atoms with van der Waals surface area (Å²) in [4.78, 5) is 37.9. The van der Waals surface area contributed by atoms with Gasteiger partial charge in [0.1, 0.15) is 0 Å². The second kappa shape index (κ2) is 11.8. The molecule has 0 aliphatic carbocycles. The Hall–Kier alpha value is -2.83. The van der Waals surface area contributed by atoms with Crippen LogP contribution in [0.2, 0.25) is 0 Å².